The number of ether oxygens (including phenoxy) is 1. The Morgan fingerprint density at radius 2 is 2.12 bits per heavy atom. The van der Waals surface area contributed by atoms with E-state index in [9.17, 15) is 5.11 Å². The van der Waals surface area contributed by atoms with Gasteiger partial charge in [-0.3, -0.25) is 0 Å². The first kappa shape index (κ1) is 13.5. The van der Waals surface area contributed by atoms with E-state index in [1.54, 1.807) is 7.11 Å². The molecule has 0 heterocycles. The third-order valence-electron chi connectivity index (χ3n) is 2.41. The molecule has 0 amide bonds. The minimum Gasteiger partial charge on any atom is -0.389 e. The van der Waals surface area contributed by atoms with Gasteiger partial charge in [-0.1, -0.05) is 18.2 Å². The number of aliphatic hydroxyl groups excluding tert-OH is 1. The quantitative estimate of drug-likeness (QED) is 0.775. The van der Waals surface area contributed by atoms with Crippen LogP contribution in [0.25, 0.3) is 0 Å². The summed E-state index contributed by atoms with van der Waals surface area (Å²) in [5.41, 5.74) is 1.01. The topological polar surface area (TPSA) is 56.5 Å². The normalized spacial score (nSPS) is 11.8. The molecule has 1 aromatic carbocycles. The van der Waals surface area contributed by atoms with Crippen LogP contribution in [-0.4, -0.2) is 38.0 Å². The average molecular weight is 234 g/mol. The van der Waals surface area contributed by atoms with Crippen molar-refractivity contribution in [2.45, 2.75) is 12.5 Å². The molecule has 1 aromatic rings. The van der Waals surface area contributed by atoms with Crippen molar-refractivity contribution in [2.24, 2.45) is 0 Å². The molecule has 0 aliphatic carbocycles. The Balaban J connectivity index is 2.64. The Morgan fingerprint density at radius 3 is 2.71 bits per heavy atom. The molecule has 4 heteroatoms. The monoisotopic (exact) mass is 234 g/mol. The fraction of sp³-hybridized carbons (Fsp3) is 0.462. The van der Waals surface area contributed by atoms with Crippen LogP contribution < -0.4 is 4.90 Å². The molecule has 1 atom stereocenters. The lowest BCUT2D eigenvalue weighted by atomic mass is 10.2. The van der Waals surface area contributed by atoms with Gasteiger partial charge in [-0.15, -0.1) is 0 Å². The summed E-state index contributed by atoms with van der Waals surface area (Å²) < 4.78 is 4.90. The first-order chi connectivity index (χ1) is 8.27. The number of aliphatic hydroxyl groups is 1. The van der Waals surface area contributed by atoms with E-state index in [1.165, 1.54) is 0 Å². The first-order valence-corrected chi connectivity index (χ1v) is 5.62. The van der Waals surface area contributed by atoms with Crippen molar-refractivity contribution in [3.8, 4) is 6.07 Å². The summed E-state index contributed by atoms with van der Waals surface area (Å²) in [6, 6.07) is 11.9. The standard InChI is InChI=1S/C13H18N2O2/c1-17-11-13(16)10-15(9-5-8-14)12-6-3-2-4-7-12/h2-4,6-7,13,16H,5,9-11H2,1H3. The molecular formula is C13H18N2O2. The number of nitriles is 1. The SMILES string of the molecule is COCC(O)CN(CCC#N)c1ccccc1. The van der Waals surface area contributed by atoms with Crippen LogP contribution in [0.2, 0.25) is 0 Å². The van der Waals surface area contributed by atoms with Crippen LogP contribution in [0.3, 0.4) is 0 Å². The third kappa shape index (κ3) is 4.85. The van der Waals surface area contributed by atoms with Crippen LogP contribution in [0, 0.1) is 11.3 Å². The fourth-order valence-corrected chi connectivity index (χ4v) is 1.65. The maximum Gasteiger partial charge on any atom is 0.0947 e. The average Bonchev–Trinajstić information content (AvgIpc) is 2.36. The van der Waals surface area contributed by atoms with Crippen LogP contribution in [0.15, 0.2) is 30.3 Å². The summed E-state index contributed by atoms with van der Waals surface area (Å²) in [5, 5.41) is 18.4. The van der Waals surface area contributed by atoms with E-state index in [0.29, 0.717) is 26.1 Å². The van der Waals surface area contributed by atoms with Crippen molar-refractivity contribution in [3.63, 3.8) is 0 Å². The molecule has 0 aliphatic heterocycles. The number of para-hydroxylation sites is 1. The highest BCUT2D eigenvalue weighted by molar-refractivity contribution is 5.46. The molecule has 0 saturated heterocycles. The van der Waals surface area contributed by atoms with Gasteiger partial charge in [-0.05, 0) is 12.1 Å². The smallest absolute Gasteiger partial charge is 0.0947 e. The van der Waals surface area contributed by atoms with Crippen molar-refractivity contribution in [2.75, 3.05) is 31.7 Å². The van der Waals surface area contributed by atoms with Crippen LogP contribution in [0.4, 0.5) is 5.69 Å². The molecule has 0 fully saturated rings. The van der Waals surface area contributed by atoms with Crippen molar-refractivity contribution in [3.05, 3.63) is 30.3 Å². The molecule has 1 unspecified atom stereocenters. The highest BCUT2D eigenvalue weighted by Gasteiger charge is 2.11. The van der Waals surface area contributed by atoms with Crippen LogP contribution in [-0.2, 0) is 4.74 Å². The Morgan fingerprint density at radius 1 is 1.41 bits per heavy atom. The number of anilines is 1. The second-order valence-electron chi connectivity index (χ2n) is 3.80. The van der Waals surface area contributed by atoms with Gasteiger partial charge in [0, 0.05) is 25.9 Å². The zero-order valence-electron chi connectivity index (χ0n) is 10.0. The van der Waals surface area contributed by atoms with Crippen molar-refractivity contribution in [1.82, 2.24) is 0 Å². The van der Waals surface area contributed by atoms with Gasteiger partial charge in [0.25, 0.3) is 0 Å². The summed E-state index contributed by atoms with van der Waals surface area (Å²) in [6.45, 7) is 1.39. The maximum atomic E-state index is 9.73. The van der Waals surface area contributed by atoms with Gasteiger partial charge in [-0.2, -0.15) is 5.26 Å². The number of hydrogen-bond acceptors (Lipinski definition) is 4. The van der Waals surface area contributed by atoms with E-state index < -0.39 is 6.10 Å². The maximum absolute atomic E-state index is 9.73. The molecule has 17 heavy (non-hydrogen) atoms. The molecule has 0 aliphatic rings. The van der Waals surface area contributed by atoms with Gasteiger partial charge in [-0.25, -0.2) is 0 Å². The largest absolute Gasteiger partial charge is 0.389 e. The molecule has 4 nitrogen and oxygen atoms in total. The third-order valence-corrected chi connectivity index (χ3v) is 2.41. The predicted molar refractivity (Wildman–Crippen MR) is 66.8 cm³/mol. The number of nitrogens with zero attached hydrogens (tertiary/aromatic N) is 2. The summed E-state index contributed by atoms with van der Waals surface area (Å²) in [5.74, 6) is 0. The molecule has 1 N–H and O–H groups in total. The molecule has 0 saturated carbocycles. The molecule has 0 bridgehead atoms. The van der Waals surface area contributed by atoms with E-state index >= 15 is 0 Å². The molecule has 0 aromatic heterocycles. The lowest BCUT2D eigenvalue weighted by Gasteiger charge is -2.26. The molecule has 0 spiro atoms. The van der Waals surface area contributed by atoms with Gasteiger partial charge >= 0.3 is 0 Å². The number of rotatable bonds is 7. The van der Waals surface area contributed by atoms with Crippen molar-refractivity contribution in [1.29, 1.82) is 5.26 Å². The predicted octanol–water partition coefficient (Wildman–Crippen LogP) is 1.41. The van der Waals surface area contributed by atoms with Gasteiger partial charge in [0.15, 0.2) is 0 Å². The number of benzene rings is 1. The van der Waals surface area contributed by atoms with E-state index in [2.05, 4.69) is 6.07 Å². The lowest BCUT2D eigenvalue weighted by Crippen LogP contribution is -2.35. The van der Waals surface area contributed by atoms with E-state index in [-0.39, 0.29) is 0 Å². The molecule has 1 rings (SSSR count). The van der Waals surface area contributed by atoms with Gasteiger partial charge < -0.3 is 14.7 Å². The minimum absolute atomic E-state index is 0.301. The first-order valence-electron chi connectivity index (χ1n) is 5.62. The highest BCUT2D eigenvalue weighted by Crippen LogP contribution is 2.14. The Labute approximate surface area is 102 Å². The van der Waals surface area contributed by atoms with Crippen LogP contribution in [0.1, 0.15) is 6.42 Å². The second kappa shape index (κ2) is 7.66. The summed E-state index contributed by atoms with van der Waals surface area (Å²) in [7, 11) is 1.56. The Kier molecular flexibility index (Phi) is 6.08. The van der Waals surface area contributed by atoms with Gasteiger partial charge in [0.05, 0.1) is 25.2 Å². The van der Waals surface area contributed by atoms with Crippen molar-refractivity contribution < 1.29 is 9.84 Å². The Bertz CT molecular complexity index is 348. The number of methoxy groups -OCH3 is 1. The summed E-state index contributed by atoms with van der Waals surface area (Å²) in [6.07, 6.45) is -0.104. The van der Waals surface area contributed by atoms with E-state index in [4.69, 9.17) is 10.00 Å². The van der Waals surface area contributed by atoms with E-state index in [1.807, 2.05) is 35.2 Å². The zero-order valence-corrected chi connectivity index (χ0v) is 10.0. The van der Waals surface area contributed by atoms with Gasteiger partial charge in [0.2, 0.25) is 0 Å². The second-order valence-corrected chi connectivity index (χ2v) is 3.80. The minimum atomic E-state index is -0.543. The number of hydrogen-bond donors (Lipinski definition) is 1. The zero-order chi connectivity index (χ0) is 12.5. The molecular weight excluding hydrogens is 216 g/mol. The van der Waals surface area contributed by atoms with Crippen LogP contribution in [0.5, 0.6) is 0 Å². The van der Waals surface area contributed by atoms with Crippen LogP contribution >= 0.6 is 0 Å². The Hall–Kier alpha value is -1.57. The van der Waals surface area contributed by atoms with Gasteiger partial charge in [0.1, 0.15) is 0 Å². The lowest BCUT2D eigenvalue weighted by molar-refractivity contribution is 0.0688. The molecule has 92 valence electrons. The fourth-order valence-electron chi connectivity index (χ4n) is 1.65. The molecule has 0 radical (unpaired) electrons. The summed E-state index contributed by atoms with van der Waals surface area (Å²) in [4.78, 5) is 1.99. The van der Waals surface area contributed by atoms with Crippen molar-refractivity contribution >= 4 is 5.69 Å². The van der Waals surface area contributed by atoms with E-state index in [0.717, 1.165) is 5.69 Å². The summed E-state index contributed by atoms with van der Waals surface area (Å²) >= 11 is 0. The highest BCUT2D eigenvalue weighted by atomic mass is 16.5.